The van der Waals surface area contributed by atoms with Crippen LogP contribution in [0, 0.1) is 10.1 Å². The lowest BCUT2D eigenvalue weighted by Crippen LogP contribution is -2.03. The van der Waals surface area contributed by atoms with Gasteiger partial charge >= 0.3 is 0 Å². The molecule has 0 radical (unpaired) electrons. The Balaban J connectivity index is 1.79. The van der Waals surface area contributed by atoms with E-state index in [9.17, 15) is 14.9 Å². The number of nitro groups is 1. The molecular weight excluding hydrogens is 372 g/mol. The SMILES string of the molecule is COc1ccc(C=CC(=O)c2cccnc2Nc2ccc([N+](=O)[O-])cc2)cc1N. The normalized spacial score (nSPS) is 10.7. The van der Waals surface area contributed by atoms with Crippen LogP contribution in [0.4, 0.5) is 22.9 Å². The zero-order valence-corrected chi connectivity index (χ0v) is 15.5. The number of aromatic nitrogens is 1. The van der Waals surface area contributed by atoms with Gasteiger partial charge in [0.1, 0.15) is 11.6 Å². The minimum atomic E-state index is -0.476. The number of allylic oxidation sites excluding steroid dienone is 1. The highest BCUT2D eigenvalue weighted by molar-refractivity contribution is 6.10. The van der Waals surface area contributed by atoms with Gasteiger partial charge in [0, 0.05) is 24.0 Å². The minimum Gasteiger partial charge on any atom is -0.495 e. The van der Waals surface area contributed by atoms with Crippen LogP contribution in [0.15, 0.2) is 66.9 Å². The first kappa shape index (κ1) is 19.6. The van der Waals surface area contributed by atoms with Crippen LogP contribution in [0.2, 0.25) is 0 Å². The largest absolute Gasteiger partial charge is 0.495 e. The summed E-state index contributed by atoms with van der Waals surface area (Å²) in [6, 6.07) is 14.4. The number of nitrogen functional groups attached to an aromatic ring is 1. The predicted molar refractivity (Wildman–Crippen MR) is 111 cm³/mol. The number of nitrogens with zero attached hydrogens (tertiary/aromatic N) is 2. The molecule has 0 saturated carbocycles. The topological polar surface area (TPSA) is 120 Å². The van der Waals surface area contributed by atoms with Gasteiger partial charge in [-0.15, -0.1) is 0 Å². The van der Waals surface area contributed by atoms with Crippen molar-refractivity contribution in [3.05, 3.63) is 88.1 Å². The molecule has 0 aliphatic heterocycles. The summed E-state index contributed by atoms with van der Waals surface area (Å²) in [6.45, 7) is 0. The van der Waals surface area contributed by atoms with Crippen molar-refractivity contribution in [2.75, 3.05) is 18.2 Å². The van der Waals surface area contributed by atoms with E-state index in [1.165, 1.54) is 25.3 Å². The molecular formula is C21H18N4O4. The Kier molecular flexibility index (Phi) is 5.84. The third kappa shape index (κ3) is 4.75. The number of ketones is 1. The van der Waals surface area contributed by atoms with Gasteiger partial charge < -0.3 is 15.8 Å². The molecule has 0 unspecified atom stereocenters. The molecule has 0 aliphatic carbocycles. The molecule has 29 heavy (non-hydrogen) atoms. The number of nitrogens with two attached hydrogens (primary N) is 1. The molecule has 3 N–H and O–H groups in total. The summed E-state index contributed by atoms with van der Waals surface area (Å²) < 4.78 is 5.12. The average molecular weight is 390 g/mol. The van der Waals surface area contributed by atoms with Crippen molar-refractivity contribution in [1.29, 1.82) is 0 Å². The zero-order valence-electron chi connectivity index (χ0n) is 15.5. The average Bonchev–Trinajstić information content (AvgIpc) is 2.73. The summed E-state index contributed by atoms with van der Waals surface area (Å²) >= 11 is 0. The third-order valence-corrected chi connectivity index (χ3v) is 4.09. The summed E-state index contributed by atoms with van der Waals surface area (Å²) in [5.41, 5.74) is 8.04. The molecule has 1 heterocycles. The Labute approximate surface area is 166 Å². The third-order valence-electron chi connectivity index (χ3n) is 4.09. The molecule has 0 saturated heterocycles. The molecule has 0 atom stereocenters. The van der Waals surface area contributed by atoms with E-state index >= 15 is 0 Å². The molecule has 8 nitrogen and oxygen atoms in total. The summed E-state index contributed by atoms with van der Waals surface area (Å²) in [6.07, 6.45) is 4.64. The van der Waals surface area contributed by atoms with Gasteiger partial charge in [-0.3, -0.25) is 14.9 Å². The number of carbonyl (C=O) groups is 1. The molecule has 3 aromatic rings. The number of methoxy groups -OCH3 is 1. The van der Waals surface area contributed by atoms with Crippen LogP contribution in [0.5, 0.6) is 5.75 Å². The lowest BCUT2D eigenvalue weighted by molar-refractivity contribution is -0.384. The molecule has 1 aromatic heterocycles. The maximum atomic E-state index is 12.7. The van der Waals surface area contributed by atoms with E-state index in [1.807, 2.05) is 0 Å². The number of pyridine rings is 1. The smallest absolute Gasteiger partial charge is 0.269 e. The quantitative estimate of drug-likeness (QED) is 0.204. The van der Waals surface area contributed by atoms with Crippen LogP contribution in [-0.4, -0.2) is 22.8 Å². The summed E-state index contributed by atoms with van der Waals surface area (Å²) in [7, 11) is 1.53. The second kappa shape index (κ2) is 8.66. The van der Waals surface area contributed by atoms with E-state index in [0.717, 1.165) is 5.56 Å². The second-order valence-electron chi connectivity index (χ2n) is 6.03. The van der Waals surface area contributed by atoms with Crippen LogP contribution < -0.4 is 15.8 Å². The van der Waals surface area contributed by atoms with E-state index < -0.39 is 4.92 Å². The second-order valence-corrected chi connectivity index (χ2v) is 6.03. The first-order chi connectivity index (χ1) is 14.0. The number of benzene rings is 2. The molecule has 146 valence electrons. The maximum absolute atomic E-state index is 12.7. The van der Waals surface area contributed by atoms with Crippen LogP contribution in [0.1, 0.15) is 15.9 Å². The van der Waals surface area contributed by atoms with Crippen molar-refractivity contribution in [3.8, 4) is 5.75 Å². The standard InChI is InChI=1S/C21H18N4O4/c1-29-20-11-5-14(13-18(20)22)4-10-19(26)17-3-2-12-23-21(17)24-15-6-8-16(9-7-15)25(27)28/h2-13H,22H2,1H3,(H,23,24). The van der Waals surface area contributed by atoms with Crippen molar-refractivity contribution in [3.63, 3.8) is 0 Å². The van der Waals surface area contributed by atoms with E-state index in [2.05, 4.69) is 10.3 Å². The number of hydrogen-bond donors (Lipinski definition) is 2. The highest BCUT2D eigenvalue weighted by Gasteiger charge is 2.11. The summed E-state index contributed by atoms with van der Waals surface area (Å²) in [5.74, 6) is 0.664. The molecule has 0 amide bonds. The molecule has 0 aliphatic rings. The van der Waals surface area contributed by atoms with Crippen molar-refractivity contribution >= 4 is 34.7 Å². The number of non-ortho nitro benzene ring substituents is 1. The van der Waals surface area contributed by atoms with Crippen LogP contribution in [-0.2, 0) is 0 Å². The number of nitro benzene ring substituents is 1. The Morgan fingerprint density at radius 2 is 1.97 bits per heavy atom. The Bertz CT molecular complexity index is 1080. The van der Waals surface area contributed by atoms with Gasteiger partial charge in [-0.1, -0.05) is 12.1 Å². The van der Waals surface area contributed by atoms with Crippen molar-refractivity contribution < 1.29 is 14.5 Å². The van der Waals surface area contributed by atoms with Crippen molar-refractivity contribution in [2.24, 2.45) is 0 Å². The first-order valence-corrected chi connectivity index (χ1v) is 8.60. The van der Waals surface area contributed by atoms with Gasteiger partial charge in [0.15, 0.2) is 5.78 Å². The number of hydrogen-bond acceptors (Lipinski definition) is 7. The lowest BCUT2D eigenvalue weighted by Gasteiger charge is -2.09. The van der Waals surface area contributed by atoms with E-state index in [1.54, 1.807) is 54.7 Å². The predicted octanol–water partition coefficient (Wildman–Crippen LogP) is 4.22. The van der Waals surface area contributed by atoms with Gasteiger partial charge in [0.25, 0.3) is 5.69 Å². The van der Waals surface area contributed by atoms with Gasteiger partial charge in [-0.2, -0.15) is 0 Å². The number of rotatable bonds is 7. The number of carbonyl (C=O) groups excluding carboxylic acids is 1. The van der Waals surface area contributed by atoms with Crippen molar-refractivity contribution in [1.82, 2.24) is 4.98 Å². The molecule has 3 rings (SSSR count). The zero-order chi connectivity index (χ0) is 20.8. The summed E-state index contributed by atoms with van der Waals surface area (Å²) in [4.78, 5) is 27.2. The number of ether oxygens (including phenoxy) is 1. The van der Waals surface area contributed by atoms with Gasteiger partial charge in [0.2, 0.25) is 0 Å². The molecule has 2 aromatic carbocycles. The number of nitrogens with one attached hydrogen (secondary N) is 1. The fourth-order valence-electron chi connectivity index (χ4n) is 2.63. The maximum Gasteiger partial charge on any atom is 0.269 e. The fraction of sp³-hybridized carbons (Fsp3) is 0.0476. The van der Waals surface area contributed by atoms with Crippen molar-refractivity contribution in [2.45, 2.75) is 0 Å². The highest BCUT2D eigenvalue weighted by Crippen LogP contribution is 2.24. The van der Waals surface area contributed by atoms with E-state index in [-0.39, 0.29) is 11.5 Å². The number of anilines is 3. The monoisotopic (exact) mass is 390 g/mol. The Hall–Kier alpha value is -4.20. The highest BCUT2D eigenvalue weighted by atomic mass is 16.6. The molecule has 0 spiro atoms. The Morgan fingerprint density at radius 3 is 2.62 bits per heavy atom. The van der Waals surface area contributed by atoms with Crippen LogP contribution in [0.3, 0.4) is 0 Å². The van der Waals surface area contributed by atoms with Gasteiger partial charge in [-0.05, 0) is 48.0 Å². The van der Waals surface area contributed by atoms with Crippen LogP contribution in [0.25, 0.3) is 6.08 Å². The lowest BCUT2D eigenvalue weighted by atomic mass is 10.1. The van der Waals surface area contributed by atoms with E-state index in [4.69, 9.17) is 10.5 Å². The van der Waals surface area contributed by atoms with Crippen LogP contribution >= 0.6 is 0 Å². The first-order valence-electron chi connectivity index (χ1n) is 8.60. The van der Waals surface area contributed by atoms with Gasteiger partial charge in [-0.25, -0.2) is 4.98 Å². The molecule has 0 fully saturated rings. The minimum absolute atomic E-state index is 0.0189. The molecule has 0 bridgehead atoms. The fourth-order valence-corrected chi connectivity index (χ4v) is 2.63. The van der Waals surface area contributed by atoms with E-state index in [0.29, 0.717) is 28.5 Å². The Morgan fingerprint density at radius 1 is 1.21 bits per heavy atom. The molecule has 8 heteroatoms. The summed E-state index contributed by atoms with van der Waals surface area (Å²) in [5, 5.41) is 13.8. The van der Waals surface area contributed by atoms with Gasteiger partial charge in [0.05, 0.1) is 23.3 Å².